The number of halogens is 2. The fourth-order valence-electron chi connectivity index (χ4n) is 1.66. The van der Waals surface area contributed by atoms with Gasteiger partial charge in [0.1, 0.15) is 12.1 Å². The molecule has 1 saturated carbocycles. The molecule has 2 heterocycles. The summed E-state index contributed by atoms with van der Waals surface area (Å²) in [6.45, 7) is 0. The van der Waals surface area contributed by atoms with Gasteiger partial charge in [-0.25, -0.2) is 9.97 Å². The lowest BCUT2D eigenvalue weighted by atomic mass is 10.3. The second-order valence-corrected chi connectivity index (χ2v) is 5.08. The van der Waals surface area contributed by atoms with Crippen molar-refractivity contribution in [3.05, 3.63) is 35.0 Å². The fourth-order valence-corrected chi connectivity index (χ4v) is 1.98. The molecule has 1 aliphatic rings. The Labute approximate surface area is 119 Å². The number of carbonyl (C=O) groups is 1. The van der Waals surface area contributed by atoms with Crippen molar-refractivity contribution in [2.24, 2.45) is 5.92 Å². The molecule has 1 fully saturated rings. The highest BCUT2D eigenvalue weighted by Gasteiger charge is 2.29. The first kappa shape index (κ1) is 12.4. The molecule has 0 atom stereocenters. The predicted molar refractivity (Wildman–Crippen MR) is 72.7 cm³/mol. The number of hydrogen-bond acceptors (Lipinski definition) is 3. The summed E-state index contributed by atoms with van der Waals surface area (Å²) < 4.78 is 1.57. The third-order valence-electron chi connectivity index (χ3n) is 2.88. The van der Waals surface area contributed by atoms with Crippen molar-refractivity contribution in [2.45, 2.75) is 12.8 Å². The Morgan fingerprint density at radius 1 is 1.32 bits per heavy atom. The van der Waals surface area contributed by atoms with Crippen LogP contribution in [0.5, 0.6) is 0 Å². The molecule has 3 rings (SSSR count). The molecule has 1 amide bonds. The van der Waals surface area contributed by atoms with Gasteiger partial charge in [0.2, 0.25) is 5.91 Å². The van der Waals surface area contributed by atoms with Gasteiger partial charge in [0.25, 0.3) is 0 Å². The average Bonchev–Trinajstić information content (AvgIpc) is 3.20. The molecule has 0 radical (unpaired) electrons. The molecule has 0 unspecified atom stereocenters. The number of pyridine rings is 1. The van der Waals surface area contributed by atoms with Crippen LogP contribution in [-0.2, 0) is 4.79 Å². The number of nitrogens with one attached hydrogen (secondary N) is 1. The minimum atomic E-state index is 0.0539. The van der Waals surface area contributed by atoms with E-state index in [9.17, 15) is 4.79 Å². The third kappa shape index (κ3) is 2.57. The van der Waals surface area contributed by atoms with E-state index in [0.717, 1.165) is 12.8 Å². The van der Waals surface area contributed by atoms with Gasteiger partial charge in [-0.3, -0.25) is 9.36 Å². The van der Waals surface area contributed by atoms with Gasteiger partial charge in [0, 0.05) is 5.92 Å². The van der Waals surface area contributed by atoms with Crippen molar-refractivity contribution >= 4 is 34.8 Å². The van der Waals surface area contributed by atoms with Crippen molar-refractivity contribution in [1.82, 2.24) is 14.5 Å². The number of anilines is 1. The van der Waals surface area contributed by atoms with Crippen LogP contribution < -0.4 is 5.32 Å². The minimum Gasteiger partial charge on any atom is -0.324 e. The highest BCUT2D eigenvalue weighted by Crippen LogP contribution is 2.30. The molecule has 1 N–H and O–H groups in total. The van der Waals surface area contributed by atoms with Crippen molar-refractivity contribution in [2.75, 3.05) is 5.32 Å². The van der Waals surface area contributed by atoms with Crippen LogP contribution in [0.1, 0.15) is 12.8 Å². The van der Waals surface area contributed by atoms with Crippen LogP contribution in [0.2, 0.25) is 10.3 Å². The first-order chi connectivity index (χ1) is 9.15. The van der Waals surface area contributed by atoms with Crippen LogP contribution in [0.3, 0.4) is 0 Å². The molecular formula is C12H10Cl2N4O. The van der Waals surface area contributed by atoms with Crippen molar-refractivity contribution in [1.29, 1.82) is 0 Å². The molecule has 0 aromatic carbocycles. The standard InChI is InChI=1S/C12H10Cl2N4O/c13-10-11(14)18(6-16-10)9-4-3-8(5-15-9)17-12(19)7-1-2-7/h3-7H,1-2H2,(H,17,19). The van der Waals surface area contributed by atoms with Gasteiger partial charge in [-0.15, -0.1) is 0 Å². The zero-order chi connectivity index (χ0) is 13.4. The maximum atomic E-state index is 11.6. The van der Waals surface area contributed by atoms with E-state index in [1.165, 1.54) is 6.33 Å². The normalized spacial score (nSPS) is 14.4. The summed E-state index contributed by atoms with van der Waals surface area (Å²) in [5, 5.41) is 3.36. The summed E-state index contributed by atoms with van der Waals surface area (Å²) in [6, 6.07) is 3.51. The quantitative estimate of drug-likeness (QED) is 0.947. The van der Waals surface area contributed by atoms with E-state index < -0.39 is 0 Å². The lowest BCUT2D eigenvalue weighted by molar-refractivity contribution is -0.117. The predicted octanol–water partition coefficient (Wildman–Crippen LogP) is 2.92. The number of imidazole rings is 1. The number of aromatic nitrogens is 3. The minimum absolute atomic E-state index is 0.0539. The van der Waals surface area contributed by atoms with Gasteiger partial charge in [0.05, 0.1) is 11.9 Å². The highest BCUT2D eigenvalue weighted by molar-refractivity contribution is 6.40. The Morgan fingerprint density at radius 3 is 2.63 bits per heavy atom. The monoisotopic (exact) mass is 296 g/mol. The first-order valence-corrected chi connectivity index (χ1v) is 6.56. The molecule has 2 aromatic heterocycles. The van der Waals surface area contributed by atoms with E-state index in [1.54, 1.807) is 22.9 Å². The molecule has 98 valence electrons. The molecule has 19 heavy (non-hydrogen) atoms. The maximum absolute atomic E-state index is 11.6. The molecule has 0 saturated heterocycles. The fraction of sp³-hybridized carbons (Fsp3) is 0.250. The Balaban J connectivity index is 1.78. The number of nitrogens with zero attached hydrogens (tertiary/aromatic N) is 3. The summed E-state index contributed by atoms with van der Waals surface area (Å²) >= 11 is 11.7. The number of carbonyl (C=O) groups excluding carboxylic acids is 1. The lowest BCUT2D eigenvalue weighted by Crippen LogP contribution is -2.13. The molecule has 0 bridgehead atoms. The van der Waals surface area contributed by atoms with Gasteiger partial charge in [-0.2, -0.15) is 0 Å². The highest BCUT2D eigenvalue weighted by atomic mass is 35.5. The smallest absolute Gasteiger partial charge is 0.227 e. The second kappa shape index (κ2) is 4.83. The summed E-state index contributed by atoms with van der Waals surface area (Å²) in [7, 11) is 0. The Hall–Kier alpha value is -1.59. The van der Waals surface area contributed by atoms with Gasteiger partial charge in [0.15, 0.2) is 10.3 Å². The molecule has 7 heteroatoms. The van der Waals surface area contributed by atoms with Crippen LogP contribution >= 0.6 is 23.2 Å². The van der Waals surface area contributed by atoms with Crippen molar-refractivity contribution in [3.8, 4) is 5.82 Å². The van der Waals surface area contributed by atoms with Gasteiger partial charge >= 0.3 is 0 Å². The van der Waals surface area contributed by atoms with Crippen LogP contribution in [0, 0.1) is 5.92 Å². The zero-order valence-electron chi connectivity index (χ0n) is 9.81. The van der Waals surface area contributed by atoms with Crippen molar-refractivity contribution in [3.63, 3.8) is 0 Å². The van der Waals surface area contributed by atoms with E-state index in [1.807, 2.05) is 0 Å². The number of amides is 1. The number of hydrogen-bond donors (Lipinski definition) is 1. The second-order valence-electron chi connectivity index (χ2n) is 4.36. The van der Waals surface area contributed by atoms with E-state index in [4.69, 9.17) is 23.2 Å². The molecule has 2 aromatic rings. The first-order valence-electron chi connectivity index (χ1n) is 5.81. The maximum Gasteiger partial charge on any atom is 0.227 e. The third-order valence-corrected chi connectivity index (χ3v) is 3.61. The molecule has 1 aliphatic carbocycles. The number of rotatable bonds is 3. The largest absolute Gasteiger partial charge is 0.324 e. The van der Waals surface area contributed by atoms with E-state index in [-0.39, 0.29) is 17.0 Å². The Bertz CT molecular complexity index is 619. The van der Waals surface area contributed by atoms with Crippen LogP contribution in [-0.4, -0.2) is 20.4 Å². The summed E-state index contributed by atoms with van der Waals surface area (Å²) in [4.78, 5) is 19.7. The lowest BCUT2D eigenvalue weighted by Gasteiger charge is -2.06. The van der Waals surface area contributed by atoms with Crippen LogP contribution in [0.4, 0.5) is 5.69 Å². The van der Waals surface area contributed by atoms with Crippen LogP contribution in [0.25, 0.3) is 5.82 Å². The SMILES string of the molecule is O=C(Nc1ccc(-n2cnc(Cl)c2Cl)nc1)C1CC1. The molecular weight excluding hydrogens is 287 g/mol. The average molecular weight is 297 g/mol. The van der Waals surface area contributed by atoms with E-state index >= 15 is 0 Å². The molecule has 0 spiro atoms. The zero-order valence-corrected chi connectivity index (χ0v) is 11.3. The van der Waals surface area contributed by atoms with Crippen LogP contribution in [0.15, 0.2) is 24.7 Å². The molecule has 0 aliphatic heterocycles. The summed E-state index contributed by atoms with van der Waals surface area (Å²) in [5.41, 5.74) is 0.669. The van der Waals surface area contributed by atoms with Gasteiger partial charge in [-0.1, -0.05) is 23.2 Å². The van der Waals surface area contributed by atoms with E-state index in [2.05, 4.69) is 15.3 Å². The van der Waals surface area contributed by atoms with Gasteiger partial charge in [-0.05, 0) is 25.0 Å². The topological polar surface area (TPSA) is 59.8 Å². The summed E-state index contributed by atoms with van der Waals surface area (Å²) in [6.07, 6.45) is 5.02. The Morgan fingerprint density at radius 2 is 2.11 bits per heavy atom. The van der Waals surface area contributed by atoms with Gasteiger partial charge < -0.3 is 5.32 Å². The molecule has 5 nitrogen and oxygen atoms in total. The summed E-state index contributed by atoms with van der Waals surface area (Å²) in [5.74, 6) is 0.814. The van der Waals surface area contributed by atoms with E-state index in [0.29, 0.717) is 16.7 Å². The van der Waals surface area contributed by atoms with Crippen molar-refractivity contribution < 1.29 is 4.79 Å². The Kier molecular flexibility index (Phi) is 3.16.